The number of aryl methyl sites for hydroxylation is 2. The predicted octanol–water partition coefficient (Wildman–Crippen LogP) is 2.09. The molecule has 0 atom stereocenters. The van der Waals surface area contributed by atoms with Crippen LogP contribution in [0.4, 0.5) is 5.69 Å². The van der Waals surface area contributed by atoms with Gasteiger partial charge in [-0.15, -0.1) is 5.10 Å². The maximum Gasteiger partial charge on any atom is 0.277 e. The van der Waals surface area contributed by atoms with Crippen molar-refractivity contribution in [3.8, 4) is 11.3 Å². The van der Waals surface area contributed by atoms with Crippen LogP contribution >= 0.6 is 0 Å². The summed E-state index contributed by atoms with van der Waals surface area (Å²) in [5, 5.41) is 10.4. The van der Waals surface area contributed by atoms with E-state index in [2.05, 4.69) is 25.6 Å². The first-order chi connectivity index (χ1) is 12.1. The Kier molecular flexibility index (Phi) is 3.50. The summed E-state index contributed by atoms with van der Waals surface area (Å²) in [6, 6.07) is 9.39. The summed E-state index contributed by atoms with van der Waals surface area (Å²) >= 11 is 0. The van der Waals surface area contributed by atoms with E-state index in [1.165, 1.54) is 4.68 Å². The first-order valence-electron chi connectivity index (χ1n) is 7.69. The van der Waals surface area contributed by atoms with Gasteiger partial charge in [0.2, 0.25) is 5.78 Å². The first kappa shape index (κ1) is 15.0. The van der Waals surface area contributed by atoms with E-state index in [0.29, 0.717) is 11.5 Å². The lowest BCUT2D eigenvalue weighted by Crippen LogP contribution is -2.12. The maximum absolute atomic E-state index is 12.2. The predicted molar refractivity (Wildman–Crippen MR) is 92.1 cm³/mol. The van der Waals surface area contributed by atoms with Crippen LogP contribution in [0.5, 0.6) is 0 Å². The van der Waals surface area contributed by atoms with Crippen LogP contribution in [0.2, 0.25) is 0 Å². The molecule has 4 aromatic rings. The molecular formula is C17H15N7O. The quantitative estimate of drug-likeness (QED) is 0.620. The van der Waals surface area contributed by atoms with Gasteiger partial charge in [0, 0.05) is 36.4 Å². The van der Waals surface area contributed by atoms with E-state index in [9.17, 15) is 4.79 Å². The molecule has 3 heterocycles. The van der Waals surface area contributed by atoms with E-state index in [4.69, 9.17) is 0 Å². The standard InChI is InChI=1S/C17H15N7O/c1-11-15(20-17-18-7-4-8-24(11)17)12-5-3-6-13(9-12)19-16(25)14-10-23(2)22-21-14/h3-10H,1-2H3,(H,19,25). The van der Waals surface area contributed by atoms with Crippen molar-refractivity contribution in [3.05, 3.63) is 60.3 Å². The molecule has 0 fully saturated rings. The van der Waals surface area contributed by atoms with Crippen molar-refractivity contribution in [3.63, 3.8) is 0 Å². The number of imidazole rings is 1. The van der Waals surface area contributed by atoms with Crippen LogP contribution in [0.15, 0.2) is 48.9 Å². The van der Waals surface area contributed by atoms with Crippen molar-refractivity contribution < 1.29 is 4.79 Å². The molecule has 0 unspecified atom stereocenters. The van der Waals surface area contributed by atoms with Crippen molar-refractivity contribution >= 4 is 17.4 Å². The molecular weight excluding hydrogens is 318 g/mol. The van der Waals surface area contributed by atoms with Crippen LogP contribution in [0.1, 0.15) is 16.2 Å². The molecule has 1 aromatic carbocycles. The minimum Gasteiger partial charge on any atom is -0.321 e. The molecule has 1 amide bonds. The molecule has 124 valence electrons. The Labute approximate surface area is 143 Å². The molecule has 25 heavy (non-hydrogen) atoms. The molecule has 0 aliphatic rings. The van der Waals surface area contributed by atoms with Crippen molar-refractivity contribution in [2.24, 2.45) is 7.05 Å². The van der Waals surface area contributed by atoms with E-state index in [1.807, 2.05) is 47.9 Å². The van der Waals surface area contributed by atoms with Gasteiger partial charge in [0.25, 0.3) is 5.91 Å². The van der Waals surface area contributed by atoms with Gasteiger partial charge in [0.05, 0.1) is 11.9 Å². The number of rotatable bonds is 3. The van der Waals surface area contributed by atoms with Crippen LogP contribution in [-0.2, 0) is 7.05 Å². The molecule has 1 N–H and O–H groups in total. The van der Waals surface area contributed by atoms with Gasteiger partial charge >= 0.3 is 0 Å². The highest BCUT2D eigenvalue weighted by Gasteiger charge is 2.13. The van der Waals surface area contributed by atoms with Gasteiger partial charge in [-0.2, -0.15) is 0 Å². The minimum atomic E-state index is -0.307. The highest BCUT2D eigenvalue weighted by Crippen LogP contribution is 2.25. The van der Waals surface area contributed by atoms with Crippen molar-refractivity contribution in [1.82, 2.24) is 29.4 Å². The smallest absolute Gasteiger partial charge is 0.277 e. The average molecular weight is 333 g/mol. The number of nitrogens with one attached hydrogen (secondary N) is 1. The van der Waals surface area contributed by atoms with Gasteiger partial charge in [-0.05, 0) is 25.1 Å². The molecule has 8 heteroatoms. The number of hydrogen-bond donors (Lipinski definition) is 1. The molecule has 4 rings (SSSR count). The summed E-state index contributed by atoms with van der Waals surface area (Å²) in [7, 11) is 1.71. The zero-order chi connectivity index (χ0) is 17.4. The number of carbonyl (C=O) groups excluding carboxylic acids is 1. The largest absolute Gasteiger partial charge is 0.321 e. The molecule has 8 nitrogen and oxygen atoms in total. The van der Waals surface area contributed by atoms with Gasteiger partial charge < -0.3 is 5.32 Å². The zero-order valence-electron chi connectivity index (χ0n) is 13.7. The molecule has 3 aromatic heterocycles. The fourth-order valence-corrected chi connectivity index (χ4v) is 2.67. The second-order valence-corrected chi connectivity index (χ2v) is 5.65. The number of fused-ring (bicyclic) bond motifs is 1. The van der Waals surface area contributed by atoms with Gasteiger partial charge in [0.15, 0.2) is 5.69 Å². The Hall–Kier alpha value is -3.55. The van der Waals surface area contributed by atoms with Gasteiger partial charge in [-0.3, -0.25) is 13.9 Å². The fourth-order valence-electron chi connectivity index (χ4n) is 2.67. The van der Waals surface area contributed by atoms with E-state index in [1.54, 1.807) is 19.4 Å². The Balaban J connectivity index is 1.67. The highest BCUT2D eigenvalue weighted by molar-refractivity contribution is 6.02. The number of amides is 1. The summed E-state index contributed by atoms with van der Waals surface area (Å²) in [5.41, 5.74) is 3.65. The van der Waals surface area contributed by atoms with Crippen LogP contribution in [0, 0.1) is 6.92 Å². The van der Waals surface area contributed by atoms with Crippen molar-refractivity contribution in [2.75, 3.05) is 5.32 Å². The van der Waals surface area contributed by atoms with Crippen molar-refractivity contribution in [1.29, 1.82) is 0 Å². The number of aromatic nitrogens is 6. The third-order valence-corrected chi connectivity index (χ3v) is 3.87. The Morgan fingerprint density at radius 3 is 2.88 bits per heavy atom. The SMILES string of the molecule is Cc1c(-c2cccc(NC(=O)c3cn(C)nn3)c2)nc2ncccn12. The normalized spacial score (nSPS) is 11.0. The second kappa shape index (κ2) is 5.82. The van der Waals surface area contributed by atoms with Gasteiger partial charge in [-0.25, -0.2) is 9.97 Å². The number of anilines is 1. The Morgan fingerprint density at radius 2 is 2.12 bits per heavy atom. The number of nitrogens with zero attached hydrogens (tertiary/aromatic N) is 6. The molecule has 0 aliphatic carbocycles. The molecule has 0 aliphatic heterocycles. The topological polar surface area (TPSA) is 90.0 Å². The van der Waals surface area contributed by atoms with Crippen LogP contribution in [0.3, 0.4) is 0 Å². The highest BCUT2D eigenvalue weighted by atomic mass is 16.2. The lowest BCUT2D eigenvalue weighted by Gasteiger charge is -2.05. The molecule has 0 saturated carbocycles. The van der Waals surface area contributed by atoms with E-state index in [0.717, 1.165) is 17.0 Å². The van der Waals surface area contributed by atoms with Crippen molar-refractivity contribution in [2.45, 2.75) is 6.92 Å². The summed E-state index contributed by atoms with van der Waals surface area (Å²) in [5.74, 6) is 0.336. The van der Waals surface area contributed by atoms with E-state index >= 15 is 0 Å². The fraction of sp³-hybridized carbons (Fsp3) is 0.118. The number of benzene rings is 1. The minimum absolute atomic E-state index is 0.265. The maximum atomic E-state index is 12.2. The molecule has 0 saturated heterocycles. The van der Waals surface area contributed by atoms with Gasteiger partial charge in [-0.1, -0.05) is 17.3 Å². The number of hydrogen-bond acceptors (Lipinski definition) is 5. The second-order valence-electron chi connectivity index (χ2n) is 5.65. The monoisotopic (exact) mass is 333 g/mol. The van der Waals surface area contributed by atoms with Crippen LogP contribution in [-0.4, -0.2) is 35.3 Å². The third kappa shape index (κ3) is 2.74. The molecule has 0 radical (unpaired) electrons. The van der Waals surface area contributed by atoms with E-state index in [-0.39, 0.29) is 11.6 Å². The molecule has 0 spiro atoms. The lowest BCUT2D eigenvalue weighted by atomic mass is 10.1. The first-order valence-corrected chi connectivity index (χ1v) is 7.69. The van der Waals surface area contributed by atoms with Crippen LogP contribution < -0.4 is 5.32 Å². The molecule has 0 bridgehead atoms. The summed E-state index contributed by atoms with van der Waals surface area (Å²) in [6.45, 7) is 1.99. The Bertz CT molecular complexity index is 1080. The third-order valence-electron chi connectivity index (χ3n) is 3.87. The van der Waals surface area contributed by atoms with Gasteiger partial charge in [0.1, 0.15) is 0 Å². The summed E-state index contributed by atoms with van der Waals surface area (Å²) in [6.07, 6.45) is 5.20. The van der Waals surface area contributed by atoms with E-state index < -0.39 is 0 Å². The average Bonchev–Trinajstić information content (AvgIpc) is 3.19. The lowest BCUT2D eigenvalue weighted by molar-refractivity contribution is 0.102. The summed E-state index contributed by atoms with van der Waals surface area (Å²) in [4.78, 5) is 21.1. The van der Waals surface area contributed by atoms with Crippen LogP contribution in [0.25, 0.3) is 17.0 Å². The summed E-state index contributed by atoms with van der Waals surface area (Å²) < 4.78 is 3.42. The number of carbonyl (C=O) groups is 1. The zero-order valence-corrected chi connectivity index (χ0v) is 13.7. The Morgan fingerprint density at radius 1 is 1.24 bits per heavy atom.